The summed E-state index contributed by atoms with van der Waals surface area (Å²) in [6.45, 7) is 13.7. The highest BCUT2D eigenvalue weighted by atomic mass is 32.2. The van der Waals surface area contributed by atoms with Gasteiger partial charge in [-0.1, -0.05) is 90.1 Å². The van der Waals surface area contributed by atoms with E-state index in [1.165, 1.54) is 28.0 Å². The third-order valence-electron chi connectivity index (χ3n) is 5.42. The Morgan fingerprint density at radius 1 is 0.769 bits per heavy atom. The fourth-order valence-electron chi connectivity index (χ4n) is 3.66. The maximum absolute atomic E-state index is 3.71. The minimum absolute atomic E-state index is 0.198. The summed E-state index contributed by atoms with van der Waals surface area (Å²) in [5, 5.41) is 3.71. The summed E-state index contributed by atoms with van der Waals surface area (Å²) in [6, 6.07) is 19.1. The van der Waals surface area contributed by atoms with E-state index >= 15 is 0 Å². The molecule has 0 unspecified atom stereocenters. The Labute approximate surface area is 164 Å². The van der Waals surface area contributed by atoms with Crippen LogP contribution in [-0.4, -0.2) is 17.7 Å². The molecule has 2 aromatic carbocycles. The zero-order valence-corrected chi connectivity index (χ0v) is 17.9. The van der Waals surface area contributed by atoms with Gasteiger partial charge in [-0.25, -0.2) is 0 Å². The summed E-state index contributed by atoms with van der Waals surface area (Å²) in [7, 11) is 0. The highest BCUT2D eigenvalue weighted by Crippen LogP contribution is 2.35. The van der Waals surface area contributed by atoms with Gasteiger partial charge in [-0.05, 0) is 33.1 Å². The number of hydrogen-bond donors (Lipinski definition) is 1. The lowest BCUT2D eigenvalue weighted by Gasteiger charge is -2.27. The van der Waals surface area contributed by atoms with E-state index in [1.54, 1.807) is 0 Å². The van der Waals surface area contributed by atoms with Crippen molar-refractivity contribution in [1.82, 2.24) is 5.32 Å². The minimum Gasteiger partial charge on any atom is -0.303 e. The molecule has 1 nitrogen and oxygen atoms in total. The van der Waals surface area contributed by atoms with Crippen molar-refractivity contribution in [3.63, 3.8) is 0 Å². The van der Waals surface area contributed by atoms with E-state index in [2.05, 4.69) is 95.4 Å². The van der Waals surface area contributed by atoms with E-state index in [4.69, 9.17) is 0 Å². The molecule has 1 atom stereocenters. The third-order valence-corrected chi connectivity index (χ3v) is 6.38. The smallest absolute Gasteiger partial charge is 0.0421 e. The first-order valence-corrected chi connectivity index (χ1v) is 10.8. The SMILES string of the molecule is CC(C)(C)c1ccc(C(c2ccc(C(C)(C)C)cc2)[C@@H]2CSCN2)cc1. The summed E-state index contributed by atoms with van der Waals surface area (Å²) in [5.41, 5.74) is 6.03. The number of nitrogens with one attached hydrogen (secondary N) is 1. The van der Waals surface area contributed by atoms with Crippen LogP contribution in [0.5, 0.6) is 0 Å². The Morgan fingerprint density at radius 2 is 1.19 bits per heavy atom. The fraction of sp³-hybridized carbons (Fsp3) is 0.500. The van der Waals surface area contributed by atoms with Crippen molar-refractivity contribution in [2.24, 2.45) is 0 Å². The molecule has 0 spiro atoms. The molecule has 1 N–H and O–H groups in total. The quantitative estimate of drug-likeness (QED) is 0.706. The van der Waals surface area contributed by atoms with Gasteiger partial charge in [-0.2, -0.15) is 0 Å². The second-order valence-electron chi connectivity index (χ2n) is 9.55. The van der Waals surface area contributed by atoms with Gasteiger partial charge in [-0.3, -0.25) is 0 Å². The van der Waals surface area contributed by atoms with Crippen molar-refractivity contribution < 1.29 is 0 Å². The molecule has 0 bridgehead atoms. The second-order valence-corrected chi connectivity index (χ2v) is 10.6. The lowest BCUT2D eigenvalue weighted by Crippen LogP contribution is -2.32. The second kappa shape index (κ2) is 7.40. The van der Waals surface area contributed by atoms with Gasteiger partial charge in [0.25, 0.3) is 0 Å². The molecule has 26 heavy (non-hydrogen) atoms. The van der Waals surface area contributed by atoms with Gasteiger partial charge < -0.3 is 5.32 Å². The van der Waals surface area contributed by atoms with Gasteiger partial charge in [0.15, 0.2) is 0 Å². The van der Waals surface area contributed by atoms with Gasteiger partial charge >= 0.3 is 0 Å². The molecular formula is C24H33NS. The predicted octanol–water partition coefficient (Wildman–Crippen LogP) is 6.08. The van der Waals surface area contributed by atoms with Crippen molar-refractivity contribution in [2.45, 2.75) is 64.3 Å². The first-order valence-electron chi connectivity index (χ1n) is 9.68. The number of rotatable bonds is 3. The Bertz CT molecular complexity index is 653. The topological polar surface area (TPSA) is 12.0 Å². The molecule has 2 heteroatoms. The molecular weight excluding hydrogens is 334 g/mol. The van der Waals surface area contributed by atoms with Crippen molar-refractivity contribution >= 4 is 11.8 Å². The van der Waals surface area contributed by atoms with E-state index in [0.29, 0.717) is 12.0 Å². The summed E-state index contributed by atoms with van der Waals surface area (Å²) in [5.74, 6) is 2.64. The summed E-state index contributed by atoms with van der Waals surface area (Å²) >= 11 is 2.00. The Hall–Kier alpha value is -1.25. The van der Waals surface area contributed by atoms with Crippen LogP contribution in [0.1, 0.15) is 69.7 Å². The number of thioether (sulfide) groups is 1. The van der Waals surface area contributed by atoms with Gasteiger partial charge in [-0.15, -0.1) is 11.8 Å². The van der Waals surface area contributed by atoms with Crippen LogP contribution in [0.2, 0.25) is 0 Å². The number of benzene rings is 2. The van der Waals surface area contributed by atoms with Crippen LogP contribution in [0.15, 0.2) is 48.5 Å². The van der Waals surface area contributed by atoms with Crippen molar-refractivity contribution in [3.05, 3.63) is 70.8 Å². The van der Waals surface area contributed by atoms with Crippen LogP contribution in [-0.2, 0) is 10.8 Å². The summed E-state index contributed by atoms with van der Waals surface area (Å²) < 4.78 is 0. The molecule has 1 saturated heterocycles. The van der Waals surface area contributed by atoms with Gasteiger partial charge in [0, 0.05) is 23.6 Å². The van der Waals surface area contributed by atoms with E-state index in [-0.39, 0.29) is 10.8 Å². The summed E-state index contributed by atoms with van der Waals surface area (Å²) in [4.78, 5) is 0. The van der Waals surface area contributed by atoms with Crippen LogP contribution in [0.3, 0.4) is 0 Å². The van der Waals surface area contributed by atoms with Crippen LogP contribution in [0, 0.1) is 0 Å². The van der Waals surface area contributed by atoms with Gasteiger partial charge in [0.2, 0.25) is 0 Å². The third kappa shape index (κ3) is 4.35. The zero-order chi connectivity index (χ0) is 18.9. The maximum Gasteiger partial charge on any atom is 0.0421 e. The largest absolute Gasteiger partial charge is 0.303 e. The normalized spacial score (nSPS) is 18.5. The fourth-order valence-corrected chi connectivity index (χ4v) is 4.68. The molecule has 1 heterocycles. The molecule has 0 amide bonds. The Morgan fingerprint density at radius 3 is 1.50 bits per heavy atom. The highest BCUT2D eigenvalue weighted by molar-refractivity contribution is 7.99. The van der Waals surface area contributed by atoms with Crippen LogP contribution < -0.4 is 5.32 Å². The molecule has 1 aliphatic rings. The summed E-state index contributed by atoms with van der Waals surface area (Å²) in [6.07, 6.45) is 0. The molecule has 0 radical (unpaired) electrons. The molecule has 2 aromatic rings. The lowest BCUT2D eigenvalue weighted by atomic mass is 9.81. The molecule has 140 valence electrons. The predicted molar refractivity (Wildman–Crippen MR) is 116 cm³/mol. The first-order chi connectivity index (χ1) is 12.2. The van der Waals surface area contributed by atoms with E-state index in [1.807, 2.05) is 11.8 Å². The van der Waals surface area contributed by atoms with Crippen LogP contribution in [0.25, 0.3) is 0 Å². The monoisotopic (exact) mass is 367 g/mol. The average molecular weight is 368 g/mol. The molecule has 0 saturated carbocycles. The zero-order valence-electron chi connectivity index (χ0n) is 17.1. The van der Waals surface area contributed by atoms with E-state index in [0.717, 1.165) is 5.88 Å². The van der Waals surface area contributed by atoms with Crippen molar-refractivity contribution in [2.75, 3.05) is 11.6 Å². The van der Waals surface area contributed by atoms with Gasteiger partial charge in [0.1, 0.15) is 0 Å². The average Bonchev–Trinajstić information content (AvgIpc) is 3.08. The van der Waals surface area contributed by atoms with Crippen molar-refractivity contribution in [3.8, 4) is 0 Å². The maximum atomic E-state index is 3.71. The molecule has 0 aliphatic carbocycles. The van der Waals surface area contributed by atoms with E-state index in [9.17, 15) is 0 Å². The van der Waals surface area contributed by atoms with Gasteiger partial charge in [0.05, 0.1) is 0 Å². The molecule has 3 rings (SSSR count). The highest BCUT2D eigenvalue weighted by Gasteiger charge is 2.28. The molecule has 1 aliphatic heterocycles. The van der Waals surface area contributed by atoms with Crippen molar-refractivity contribution in [1.29, 1.82) is 0 Å². The van der Waals surface area contributed by atoms with Crippen LogP contribution >= 0.6 is 11.8 Å². The Balaban J connectivity index is 1.95. The van der Waals surface area contributed by atoms with Crippen LogP contribution in [0.4, 0.5) is 0 Å². The standard InChI is InChI=1S/C24H33NS/c1-23(2,3)19-11-7-17(8-12-19)22(21-15-26-16-25-21)18-9-13-20(14-10-18)24(4,5)6/h7-14,21-22,25H,15-16H2,1-6H3/t21-/m0/s1. The Kier molecular flexibility index (Phi) is 5.55. The minimum atomic E-state index is 0.198. The first kappa shape index (κ1) is 19.5. The molecule has 1 fully saturated rings. The lowest BCUT2D eigenvalue weighted by molar-refractivity contribution is 0.560. The van der Waals surface area contributed by atoms with E-state index < -0.39 is 0 Å². The number of hydrogen-bond acceptors (Lipinski definition) is 2. The molecule has 0 aromatic heterocycles.